The van der Waals surface area contributed by atoms with Crippen LogP contribution in [-0.4, -0.2) is 41.6 Å². The molecule has 0 unspecified atom stereocenters. The van der Waals surface area contributed by atoms with Crippen LogP contribution >= 0.6 is 0 Å². The quantitative estimate of drug-likeness (QED) is 0.551. The molecule has 2 aliphatic rings. The minimum Gasteiger partial charge on any atom is -0.465 e. The Hall–Kier alpha value is -1.26. The van der Waals surface area contributed by atoms with Gasteiger partial charge in [0, 0.05) is 19.6 Å². The number of carboxylic acid groups (broad SMARTS) is 1. The van der Waals surface area contributed by atoms with Crippen molar-refractivity contribution in [1.29, 1.82) is 0 Å². The highest BCUT2D eigenvalue weighted by molar-refractivity contribution is 5.86. The number of rotatable bonds is 0. The third kappa shape index (κ3) is 1.15. The smallest absolute Gasteiger partial charge is 0.407 e. The number of carbonyl (C=O) groups excluding carboxylic acids is 1. The molecule has 0 radical (unpaired) electrons. The van der Waals surface area contributed by atoms with Crippen molar-refractivity contribution in [3.8, 4) is 0 Å². The Morgan fingerprint density at radius 3 is 2.77 bits per heavy atom. The summed E-state index contributed by atoms with van der Waals surface area (Å²) < 4.78 is 0. The molecule has 1 spiro atoms. The first-order valence-electron chi connectivity index (χ1n) is 4.40. The van der Waals surface area contributed by atoms with E-state index in [-0.39, 0.29) is 5.91 Å². The predicted octanol–water partition coefficient (Wildman–Crippen LogP) is -0.124. The molecule has 1 atom stereocenters. The molecule has 2 N–H and O–H groups in total. The third-order valence-electron chi connectivity index (χ3n) is 3.00. The van der Waals surface area contributed by atoms with Crippen molar-refractivity contribution >= 4 is 12.0 Å². The zero-order chi connectivity index (χ0) is 9.47. The number of likely N-dealkylation sites (tertiary alicyclic amines) is 1. The largest absolute Gasteiger partial charge is 0.465 e. The van der Waals surface area contributed by atoms with Crippen molar-refractivity contribution in [1.82, 2.24) is 10.2 Å². The van der Waals surface area contributed by atoms with Crippen molar-refractivity contribution in [2.24, 2.45) is 5.41 Å². The molecule has 0 aromatic heterocycles. The molecule has 0 aliphatic carbocycles. The van der Waals surface area contributed by atoms with Crippen LogP contribution in [0.25, 0.3) is 0 Å². The lowest BCUT2D eigenvalue weighted by atomic mass is 9.86. The van der Waals surface area contributed by atoms with Crippen molar-refractivity contribution < 1.29 is 14.7 Å². The summed E-state index contributed by atoms with van der Waals surface area (Å²) >= 11 is 0. The van der Waals surface area contributed by atoms with Gasteiger partial charge in [-0.05, 0) is 12.8 Å². The van der Waals surface area contributed by atoms with E-state index in [2.05, 4.69) is 5.32 Å². The molecule has 5 heteroatoms. The first kappa shape index (κ1) is 8.34. The standard InChI is InChI=1S/C8H12N2O3/c11-6-8(1-3-9-6)2-4-10(5-8)7(12)13/h1-5H2,(H,9,11)(H,12,13)/t8-/m0/s1. The average molecular weight is 184 g/mol. The second kappa shape index (κ2) is 2.61. The minimum atomic E-state index is -0.920. The minimum absolute atomic E-state index is 0.0243. The van der Waals surface area contributed by atoms with Gasteiger partial charge in [0.1, 0.15) is 0 Å². The molecule has 72 valence electrons. The molecule has 5 nitrogen and oxygen atoms in total. The normalized spacial score (nSPS) is 32.6. The van der Waals surface area contributed by atoms with E-state index in [1.807, 2.05) is 0 Å². The summed E-state index contributed by atoms with van der Waals surface area (Å²) in [6.45, 7) is 1.54. The molecule has 2 saturated heterocycles. The molecule has 0 aromatic carbocycles. The average Bonchev–Trinajstić information content (AvgIpc) is 2.63. The molecule has 13 heavy (non-hydrogen) atoms. The third-order valence-corrected chi connectivity index (χ3v) is 3.00. The molecule has 2 aliphatic heterocycles. The monoisotopic (exact) mass is 184 g/mol. The van der Waals surface area contributed by atoms with Crippen LogP contribution in [0.5, 0.6) is 0 Å². The fraction of sp³-hybridized carbons (Fsp3) is 0.750. The van der Waals surface area contributed by atoms with Gasteiger partial charge in [-0.3, -0.25) is 4.79 Å². The van der Waals surface area contributed by atoms with Crippen LogP contribution < -0.4 is 5.32 Å². The second-order valence-electron chi connectivity index (χ2n) is 3.74. The Morgan fingerprint density at radius 1 is 1.54 bits per heavy atom. The van der Waals surface area contributed by atoms with Crippen molar-refractivity contribution in [2.45, 2.75) is 12.8 Å². The highest BCUT2D eigenvalue weighted by atomic mass is 16.4. The number of nitrogens with zero attached hydrogens (tertiary/aromatic N) is 1. The molecule has 0 aromatic rings. The van der Waals surface area contributed by atoms with E-state index in [1.165, 1.54) is 4.90 Å². The summed E-state index contributed by atoms with van der Waals surface area (Å²) in [5, 5.41) is 11.5. The molecule has 2 amide bonds. The topological polar surface area (TPSA) is 69.6 Å². The molecule has 0 saturated carbocycles. The second-order valence-corrected chi connectivity index (χ2v) is 3.74. The SMILES string of the molecule is O=C(O)N1CC[C@@]2(CCNC2=O)C1. The summed E-state index contributed by atoms with van der Waals surface area (Å²) in [6.07, 6.45) is 0.525. The van der Waals surface area contributed by atoms with Gasteiger partial charge in [0.25, 0.3) is 0 Å². The summed E-state index contributed by atoms with van der Waals surface area (Å²) in [5.74, 6) is 0.0243. The molecular formula is C8H12N2O3. The van der Waals surface area contributed by atoms with Crippen molar-refractivity contribution in [2.75, 3.05) is 19.6 Å². The maximum atomic E-state index is 11.4. The van der Waals surface area contributed by atoms with Crippen LogP contribution in [0.15, 0.2) is 0 Å². The molecule has 2 fully saturated rings. The first-order chi connectivity index (χ1) is 6.14. The van der Waals surface area contributed by atoms with Gasteiger partial charge in [0.05, 0.1) is 5.41 Å². The van der Waals surface area contributed by atoms with E-state index in [4.69, 9.17) is 5.11 Å². The van der Waals surface area contributed by atoms with Crippen LogP contribution in [0.3, 0.4) is 0 Å². The number of hydrogen-bond acceptors (Lipinski definition) is 2. The van der Waals surface area contributed by atoms with E-state index in [1.54, 1.807) is 0 Å². The van der Waals surface area contributed by atoms with Gasteiger partial charge in [-0.1, -0.05) is 0 Å². The van der Waals surface area contributed by atoms with Gasteiger partial charge < -0.3 is 15.3 Å². The first-order valence-corrected chi connectivity index (χ1v) is 4.40. The summed E-state index contributed by atoms with van der Waals surface area (Å²) in [4.78, 5) is 23.4. The van der Waals surface area contributed by atoms with E-state index in [0.29, 0.717) is 26.1 Å². The summed E-state index contributed by atoms with van der Waals surface area (Å²) in [5.41, 5.74) is -0.404. The van der Waals surface area contributed by atoms with Gasteiger partial charge >= 0.3 is 6.09 Å². The number of carbonyl (C=O) groups is 2. The number of nitrogens with one attached hydrogen (secondary N) is 1. The van der Waals surface area contributed by atoms with Crippen molar-refractivity contribution in [3.05, 3.63) is 0 Å². The predicted molar refractivity (Wildman–Crippen MR) is 44.3 cm³/mol. The maximum absolute atomic E-state index is 11.4. The van der Waals surface area contributed by atoms with E-state index in [0.717, 1.165) is 6.42 Å². The van der Waals surface area contributed by atoms with Gasteiger partial charge in [-0.15, -0.1) is 0 Å². The molecule has 2 heterocycles. The zero-order valence-electron chi connectivity index (χ0n) is 7.25. The van der Waals surface area contributed by atoms with Crippen LogP contribution in [0.4, 0.5) is 4.79 Å². The number of amides is 2. The fourth-order valence-electron chi connectivity index (χ4n) is 2.14. The Morgan fingerprint density at radius 2 is 2.31 bits per heavy atom. The Kier molecular flexibility index (Phi) is 1.68. The van der Waals surface area contributed by atoms with Crippen molar-refractivity contribution in [3.63, 3.8) is 0 Å². The van der Waals surface area contributed by atoms with Gasteiger partial charge in [-0.25, -0.2) is 4.79 Å². The zero-order valence-corrected chi connectivity index (χ0v) is 7.25. The maximum Gasteiger partial charge on any atom is 0.407 e. The Bertz CT molecular complexity index is 266. The van der Waals surface area contributed by atoms with Crippen LogP contribution in [0.1, 0.15) is 12.8 Å². The Labute approximate surface area is 75.7 Å². The van der Waals surface area contributed by atoms with Crippen LogP contribution in [0.2, 0.25) is 0 Å². The van der Waals surface area contributed by atoms with Crippen LogP contribution in [0, 0.1) is 5.41 Å². The van der Waals surface area contributed by atoms with Gasteiger partial charge in [-0.2, -0.15) is 0 Å². The highest BCUT2D eigenvalue weighted by Crippen LogP contribution is 2.36. The molecular weight excluding hydrogens is 172 g/mol. The van der Waals surface area contributed by atoms with E-state index in [9.17, 15) is 9.59 Å². The fourth-order valence-corrected chi connectivity index (χ4v) is 2.14. The molecule has 2 rings (SSSR count). The molecule has 0 bridgehead atoms. The van der Waals surface area contributed by atoms with Crippen LogP contribution in [-0.2, 0) is 4.79 Å². The number of hydrogen-bond donors (Lipinski definition) is 2. The van der Waals surface area contributed by atoms with Gasteiger partial charge in [0.15, 0.2) is 0 Å². The van der Waals surface area contributed by atoms with E-state index >= 15 is 0 Å². The van der Waals surface area contributed by atoms with Gasteiger partial charge in [0.2, 0.25) is 5.91 Å². The lowest BCUT2D eigenvalue weighted by molar-refractivity contribution is -0.126. The Balaban J connectivity index is 2.12. The lowest BCUT2D eigenvalue weighted by Gasteiger charge is -2.18. The summed E-state index contributed by atoms with van der Waals surface area (Å²) in [6, 6.07) is 0. The lowest BCUT2D eigenvalue weighted by Crippen LogP contribution is -2.36. The highest BCUT2D eigenvalue weighted by Gasteiger charge is 2.48. The van der Waals surface area contributed by atoms with E-state index < -0.39 is 11.5 Å². The summed E-state index contributed by atoms with van der Waals surface area (Å²) in [7, 11) is 0.